The lowest BCUT2D eigenvalue weighted by Gasteiger charge is -1.81. The molecule has 0 bridgehead atoms. The molecule has 0 atom stereocenters. The molecule has 0 radical (unpaired) electrons. The predicted octanol–water partition coefficient (Wildman–Crippen LogP) is 1.50. The molecule has 0 heterocycles. The van der Waals surface area contributed by atoms with Crippen molar-refractivity contribution in [2.75, 3.05) is 0 Å². The van der Waals surface area contributed by atoms with Crippen molar-refractivity contribution < 1.29 is 7.54 Å². The molecule has 0 fully saturated rings. The summed E-state index contributed by atoms with van der Waals surface area (Å²) >= 11 is 0. The van der Waals surface area contributed by atoms with Crippen LogP contribution in [0.2, 0.25) is 0 Å². The first-order chi connectivity index (χ1) is 4.72. The number of aldehydes is 1. The summed E-state index contributed by atoms with van der Waals surface area (Å²) in [6.07, 6.45) is -0.800. The zero-order valence-corrected chi connectivity index (χ0v) is 4.22. The van der Waals surface area contributed by atoms with E-state index in [9.17, 15) is 4.79 Å². The van der Waals surface area contributed by atoms with Gasteiger partial charge in [0.2, 0.25) is 0 Å². The van der Waals surface area contributed by atoms with E-state index in [-0.39, 0.29) is 11.6 Å². The van der Waals surface area contributed by atoms with Gasteiger partial charge in [-0.1, -0.05) is 30.3 Å². The van der Waals surface area contributed by atoms with Gasteiger partial charge in [0.25, 0.3) is 0 Å². The third-order valence-corrected chi connectivity index (χ3v) is 0.819. The fraction of sp³-hybridized carbons (Fsp3) is 0. The third-order valence-electron chi connectivity index (χ3n) is 0.819. The second-order valence-electron chi connectivity index (χ2n) is 1.38. The lowest BCUT2D eigenvalue weighted by molar-refractivity contribution is 0.112. The summed E-state index contributed by atoms with van der Waals surface area (Å²) in [5.41, 5.74) is 0.155. The second-order valence-corrected chi connectivity index (χ2v) is 1.38. The highest BCUT2D eigenvalue weighted by Crippen LogP contribution is 1.91. The monoisotopic (exact) mass is 108 g/mol. The summed E-state index contributed by atoms with van der Waals surface area (Å²) in [6.45, 7) is 0. The minimum absolute atomic E-state index is 0.113. The molecular weight excluding hydrogens is 100 g/mol. The fourth-order valence-electron chi connectivity index (χ4n) is 0.457. The summed E-state index contributed by atoms with van der Waals surface area (Å²) in [6, 6.07) is 6.37. The van der Waals surface area contributed by atoms with Gasteiger partial charge in [0.1, 0.15) is 7.63 Å². The zero-order chi connectivity index (χ0) is 7.56. The van der Waals surface area contributed by atoms with Crippen molar-refractivity contribution in [2.24, 2.45) is 0 Å². The van der Waals surface area contributed by atoms with Crippen LogP contribution in [0.25, 0.3) is 0 Å². The molecule has 1 rings (SSSR count). The average molecular weight is 108 g/mol. The van der Waals surface area contributed by atoms with E-state index in [0.717, 1.165) is 0 Å². The molecule has 0 saturated carbocycles. The number of carbonyl (C=O) groups excluding carboxylic acids is 1. The van der Waals surface area contributed by atoms with Crippen molar-refractivity contribution in [3.8, 4) is 0 Å². The fourth-order valence-corrected chi connectivity index (χ4v) is 0.457. The van der Waals surface area contributed by atoms with E-state index >= 15 is 0 Å². The highest BCUT2D eigenvalue weighted by Gasteiger charge is 1.79. The van der Waals surface area contributed by atoms with Crippen molar-refractivity contribution in [1.29, 1.82) is 0 Å². The van der Waals surface area contributed by atoms with Crippen LogP contribution in [0.3, 0.4) is 0 Å². The Bertz CT molecular complexity index is 258. The van der Waals surface area contributed by atoms with Gasteiger partial charge in [-0.25, -0.2) is 0 Å². The number of benzene rings is 1. The minimum Gasteiger partial charge on any atom is -0.298 e. The van der Waals surface area contributed by atoms with Gasteiger partial charge >= 0.3 is 0 Å². The molecule has 0 aromatic heterocycles. The van der Waals surface area contributed by atoms with Gasteiger partial charge in [0.15, 0.2) is 0 Å². The number of hydrogen-bond donors (Lipinski definition) is 0. The maximum atomic E-state index is 10.4. The van der Waals surface area contributed by atoms with Crippen molar-refractivity contribution >= 4 is 6.26 Å². The molecule has 1 aromatic rings. The van der Waals surface area contributed by atoms with Crippen LogP contribution >= 0.6 is 0 Å². The van der Waals surface area contributed by atoms with Crippen LogP contribution in [0.5, 0.6) is 0 Å². The standard InChI is InChI=1S/C7H6O/c8-6-7-4-2-1-3-5-7/h1-6H/i4D,6D. The van der Waals surface area contributed by atoms with Crippen LogP contribution in [-0.4, -0.2) is 6.26 Å². The summed E-state index contributed by atoms with van der Waals surface area (Å²) in [5, 5.41) is 0. The average Bonchev–Trinajstić information content (AvgIpc) is 1.88. The maximum absolute atomic E-state index is 10.4. The molecule has 1 aromatic carbocycles. The summed E-state index contributed by atoms with van der Waals surface area (Å²) < 4.78 is 13.9. The molecule has 0 N–H and O–H groups in total. The van der Waals surface area contributed by atoms with Crippen molar-refractivity contribution in [3.63, 3.8) is 0 Å². The molecule has 1 nitrogen and oxygen atoms in total. The highest BCUT2D eigenvalue weighted by molar-refractivity contribution is 5.74. The van der Waals surface area contributed by atoms with Crippen LogP contribution in [-0.2, 0) is 0 Å². The first-order valence-electron chi connectivity index (χ1n) is 3.28. The van der Waals surface area contributed by atoms with Gasteiger partial charge in [0.05, 0.1) is 1.37 Å². The van der Waals surface area contributed by atoms with Crippen LogP contribution in [0.15, 0.2) is 30.3 Å². The Morgan fingerprint density at radius 3 is 3.00 bits per heavy atom. The van der Waals surface area contributed by atoms with Gasteiger partial charge < -0.3 is 0 Å². The van der Waals surface area contributed by atoms with Crippen LogP contribution < -0.4 is 0 Å². The molecule has 0 spiro atoms. The van der Waals surface area contributed by atoms with Crippen LogP contribution in [0.1, 0.15) is 13.1 Å². The molecule has 40 valence electrons. The van der Waals surface area contributed by atoms with Gasteiger partial charge in [-0.3, -0.25) is 4.79 Å². The SMILES string of the molecule is [2H]C(=O)c1ccccc1[2H]. The van der Waals surface area contributed by atoms with Crippen molar-refractivity contribution in [3.05, 3.63) is 35.9 Å². The second kappa shape index (κ2) is 2.26. The summed E-state index contributed by atoms with van der Waals surface area (Å²) in [4.78, 5) is 10.4. The first kappa shape index (κ1) is 3.02. The van der Waals surface area contributed by atoms with E-state index in [1.54, 1.807) is 12.1 Å². The Morgan fingerprint density at radius 2 is 2.50 bits per heavy atom. The van der Waals surface area contributed by atoms with E-state index in [2.05, 4.69) is 0 Å². The first-order valence-corrected chi connectivity index (χ1v) is 2.28. The van der Waals surface area contributed by atoms with Gasteiger partial charge in [0, 0.05) is 5.56 Å². The van der Waals surface area contributed by atoms with Gasteiger partial charge in [-0.2, -0.15) is 0 Å². The summed E-state index contributed by atoms with van der Waals surface area (Å²) in [7, 11) is 0. The molecule has 0 aliphatic heterocycles. The Labute approximate surface area is 50.8 Å². The zero-order valence-electron chi connectivity index (χ0n) is 6.22. The Morgan fingerprint density at radius 1 is 1.62 bits per heavy atom. The molecule has 0 aliphatic carbocycles. The summed E-state index contributed by atoms with van der Waals surface area (Å²) in [5.74, 6) is 0. The molecule has 0 aliphatic rings. The normalized spacial score (nSPS) is 12.0. The van der Waals surface area contributed by atoms with Gasteiger partial charge in [-0.15, -0.1) is 0 Å². The van der Waals surface area contributed by atoms with E-state index in [0.29, 0.717) is 0 Å². The number of carbonyl (C=O) groups is 1. The van der Waals surface area contributed by atoms with Gasteiger partial charge in [-0.05, 0) is 0 Å². The molecule has 0 saturated heterocycles. The lowest BCUT2D eigenvalue weighted by atomic mass is 10.2. The molecule has 0 amide bonds. The van der Waals surface area contributed by atoms with E-state index in [1.807, 2.05) is 0 Å². The Kier molecular flexibility index (Phi) is 0.855. The van der Waals surface area contributed by atoms with Crippen molar-refractivity contribution in [2.45, 2.75) is 0 Å². The Hall–Kier alpha value is -1.11. The maximum Gasteiger partial charge on any atom is 0.150 e. The Balaban J connectivity index is 3.15. The molecular formula is C7H6O. The largest absolute Gasteiger partial charge is 0.298 e. The van der Waals surface area contributed by atoms with E-state index in [1.165, 1.54) is 12.1 Å². The smallest absolute Gasteiger partial charge is 0.150 e. The third kappa shape index (κ3) is 0.936. The van der Waals surface area contributed by atoms with E-state index in [4.69, 9.17) is 2.74 Å². The molecule has 1 heteroatoms. The predicted molar refractivity (Wildman–Crippen MR) is 31.8 cm³/mol. The molecule has 0 unspecified atom stereocenters. The van der Waals surface area contributed by atoms with Crippen molar-refractivity contribution in [1.82, 2.24) is 0 Å². The quantitative estimate of drug-likeness (QED) is 0.498. The van der Waals surface area contributed by atoms with Crippen LogP contribution in [0.4, 0.5) is 0 Å². The van der Waals surface area contributed by atoms with Crippen LogP contribution in [0, 0.1) is 0 Å². The van der Waals surface area contributed by atoms with E-state index < -0.39 is 6.26 Å². The number of hydrogen-bond acceptors (Lipinski definition) is 1. The number of rotatable bonds is 1. The topological polar surface area (TPSA) is 17.1 Å². The lowest BCUT2D eigenvalue weighted by Crippen LogP contribution is -1.73. The molecule has 8 heavy (non-hydrogen) atoms. The minimum atomic E-state index is -0.800. The highest BCUT2D eigenvalue weighted by atomic mass is 16.1.